The molecule has 0 atom stereocenters. The third kappa shape index (κ3) is 4.20. The number of alkyl halides is 3. The number of nitrogens with zero attached hydrogens (tertiary/aromatic N) is 2. The molecule has 0 radical (unpaired) electrons. The fourth-order valence-corrected chi connectivity index (χ4v) is 2.71. The second kappa shape index (κ2) is 6.09. The molecular formula is C14H13ClF3N3OS. The molecule has 124 valence electrons. The minimum absolute atomic E-state index is 0.217. The van der Waals surface area contributed by atoms with E-state index in [0.29, 0.717) is 10.9 Å². The Bertz CT molecular complexity index is 738. The molecule has 0 aliphatic rings. The van der Waals surface area contributed by atoms with Crippen LogP contribution in [0.15, 0.2) is 18.5 Å². The van der Waals surface area contributed by atoms with Crippen LogP contribution in [-0.2, 0) is 11.6 Å². The van der Waals surface area contributed by atoms with Gasteiger partial charge < -0.3 is 5.32 Å². The molecule has 0 unspecified atom stereocenters. The summed E-state index contributed by atoms with van der Waals surface area (Å²) in [5.74, 6) is -0.793. The number of nitrogens with one attached hydrogen (secondary N) is 1. The average molecular weight is 364 g/mol. The summed E-state index contributed by atoms with van der Waals surface area (Å²) in [7, 11) is 0. The first-order valence-electron chi connectivity index (χ1n) is 6.49. The first-order chi connectivity index (χ1) is 10.5. The van der Waals surface area contributed by atoms with E-state index in [1.54, 1.807) is 0 Å². The largest absolute Gasteiger partial charge is 0.418 e. The number of amides is 1. The van der Waals surface area contributed by atoms with Gasteiger partial charge in [0.05, 0.1) is 21.8 Å². The zero-order valence-electron chi connectivity index (χ0n) is 12.5. The van der Waals surface area contributed by atoms with E-state index < -0.39 is 22.7 Å². The van der Waals surface area contributed by atoms with Gasteiger partial charge in [0.15, 0.2) is 0 Å². The standard InChI is InChI=1S/C14H13ClF3N3OS/c1-13(2,3)12-20-6-9(23-12)11(22)21-10-4-7(14(16,17)18)8(15)5-19-10/h4-6H,1-3H3,(H,19,21,22). The first kappa shape index (κ1) is 17.7. The summed E-state index contributed by atoms with van der Waals surface area (Å²) in [5.41, 5.74) is -1.27. The predicted octanol–water partition coefficient (Wildman–Crippen LogP) is 4.76. The Balaban J connectivity index is 2.22. The molecule has 0 fully saturated rings. The Morgan fingerprint density at radius 1 is 1.22 bits per heavy atom. The van der Waals surface area contributed by atoms with Gasteiger partial charge in [-0.1, -0.05) is 32.4 Å². The summed E-state index contributed by atoms with van der Waals surface area (Å²) in [4.78, 5) is 20.2. The SMILES string of the molecule is CC(C)(C)c1ncc(C(=O)Nc2cc(C(F)(F)F)c(Cl)cn2)s1. The first-order valence-corrected chi connectivity index (χ1v) is 7.68. The summed E-state index contributed by atoms with van der Waals surface area (Å²) in [6, 6.07) is 0.700. The molecule has 2 aromatic rings. The zero-order valence-corrected chi connectivity index (χ0v) is 14.0. The quantitative estimate of drug-likeness (QED) is 0.836. The molecule has 0 aliphatic carbocycles. The number of rotatable bonds is 2. The predicted molar refractivity (Wildman–Crippen MR) is 83.0 cm³/mol. The van der Waals surface area contributed by atoms with E-state index in [4.69, 9.17) is 11.6 Å². The van der Waals surface area contributed by atoms with Crippen LogP contribution in [0.3, 0.4) is 0 Å². The molecule has 0 aromatic carbocycles. The van der Waals surface area contributed by atoms with Crippen LogP contribution in [0, 0.1) is 0 Å². The highest BCUT2D eigenvalue weighted by Gasteiger charge is 2.34. The molecule has 9 heteroatoms. The lowest BCUT2D eigenvalue weighted by molar-refractivity contribution is -0.137. The van der Waals surface area contributed by atoms with E-state index >= 15 is 0 Å². The van der Waals surface area contributed by atoms with E-state index in [9.17, 15) is 18.0 Å². The van der Waals surface area contributed by atoms with Gasteiger partial charge in [0.2, 0.25) is 0 Å². The highest BCUT2D eigenvalue weighted by Crippen LogP contribution is 2.35. The van der Waals surface area contributed by atoms with Gasteiger partial charge in [-0.05, 0) is 6.07 Å². The molecule has 2 rings (SSSR count). The summed E-state index contributed by atoms with van der Waals surface area (Å²) >= 11 is 6.67. The van der Waals surface area contributed by atoms with E-state index in [1.165, 1.54) is 17.5 Å². The van der Waals surface area contributed by atoms with Crippen molar-refractivity contribution in [1.29, 1.82) is 0 Å². The molecule has 1 N–H and O–H groups in total. The summed E-state index contributed by atoms with van der Waals surface area (Å²) in [6.07, 6.45) is -2.38. The van der Waals surface area contributed by atoms with Gasteiger partial charge >= 0.3 is 6.18 Å². The van der Waals surface area contributed by atoms with E-state index in [0.717, 1.165) is 11.2 Å². The highest BCUT2D eigenvalue weighted by atomic mass is 35.5. The molecule has 4 nitrogen and oxygen atoms in total. The van der Waals surface area contributed by atoms with Crippen molar-refractivity contribution in [3.8, 4) is 0 Å². The molecular weight excluding hydrogens is 351 g/mol. The average Bonchev–Trinajstić information content (AvgIpc) is 2.89. The van der Waals surface area contributed by atoms with Crippen molar-refractivity contribution in [1.82, 2.24) is 9.97 Å². The maximum atomic E-state index is 12.8. The molecule has 2 heterocycles. The van der Waals surface area contributed by atoms with Crippen LogP contribution < -0.4 is 5.32 Å². The van der Waals surface area contributed by atoms with Crippen molar-refractivity contribution in [2.24, 2.45) is 0 Å². The van der Waals surface area contributed by atoms with Crippen molar-refractivity contribution >= 4 is 34.7 Å². The summed E-state index contributed by atoms with van der Waals surface area (Å²) < 4.78 is 38.4. The Hall–Kier alpha value is -1.67. The van der Waals surface area contributed by atoms with Crippen molar-refractivity contribution in [3.63, 3.8) is 0 Å². The fourth-order valence-electron chi connectivity index (χ4n) is 1.63. The maximum Gasteiger partial charge on any atom is 0.418 e. The van der Waals surface area contributed by atoms with E-state index in [2.05, 4.69) is 15.3 Å². The lowest BCUT2D eigenvalue weighted by Crippen LogP contribution is -2.14. The topological polar surface area (TPSA) is 54.9 Å². The third-order valence-corrected chi connectivity index (χ3v) is 4.50. The van der Waals surface area contributed by atoms with Crippen LogP contribution in [0.25, 0.3) is 0 Å². The van der Waals surface area contributed by atoms with Gasteiger partial charge in [-0.2, -0.15) is 13.2 Å². The number of carbonyl (C=O) groups is 1. The van der Waals surface area contributed by atoms with Crippen molar-refractivity contribution in [2.75, 3.05) is 5.32 Å². The van der Waals surface area contributed by atoms with Crippen molar-refractivity contribution < 1.29 is 18.0 Å². The molecule has 0 bridgehead atoms. The number of hydrogen-bond acceptors (Lipinski definition) is 4. The number of halogens is 4. The number of thiazole rings is 1. The number of carbonyl (C=O) groups excluding carboxylic acids is 1. The molecule has 0 saturated carbocycles. The minimum atomic E-state index is -4.62. The Kier molecular flexibility index (Phi) is 4.68. The van der Waals surface area contributed by atoms with Crippen molar-refractivity contribution in [3.05, 3.63) is 38.9 Å². The Morgan fingerprint density at radius 3 is 2.39 bits per heavy atom. The van der Waals surface area contributed by atoms with Crippen LogP contribution in [0.2, 0.25) is 5.02 Å². The lowest BCUT2D eigenvalue weighted by Gasteiger charge is -2.13. The Labute approximate surface area is 139 Å². The number of anilines is 1. The monoisotopic (exact) mass is 363 g/mol. The molecule has 1 amide bonds. The van der Waals surface area contributed by atoms with E-state index in [-0.39, 0.29) is 11.2 Å². The number of hydrogen-bond donors (Lipinski definition) is 1. The molecule has 0 saturated heterocycles. The maximum absolute atomic E-state index is 12.8. The Morgan fingerprint density at radius 2 is 1.87 bits per heavy atom. The van der Waals surface area contributed by atoms with Gasteiger partial charge in [-0.25, -0.2) is 9.97 Å². The van der Waals surface area contributed by atoms with Crippen LogP contribution in [-0.4, -0.2) is 15.9 Å². The zero-order chi connectivity index (χ0) is 17.4. The second-order valence-electron chi connectivity index (χ2n) is 5.78. The highest BCUT2D eigenvalue weighted by molar-refractivity contribution is 7.13. The smallest absolute Gasteiger partial charge is 0.306 e. The van der Waals surface area contributed by atoms with Crippen LogP contribution in [0.5, 0.6) is 0 Å². The van der Waals surface area contributed by atoms with Crippen LogP contribution in [0.1, 0.15) is 41.0 Å². The fraction of sp³-hybridized carbons (Fsp3) is 0.357. The molecule has 0 spiro atoms. The van der Waals surface area contributed by atoms with Crippen molar-refractivity contribution in [2.45, 2.75) is 32.4 Å². The van der Waals surface area contributed by atoms with Crippen LogP contribution in [0.4, 0.5) is 19.0 Å². The molecule has 2 aromatic heterocycles. The minimum Gasteiger partial charge on any atom is -0.306 e. The van der Waals surface area contributed by atoms with Gasteiger partial charge in [0.25, 0.3) is 5.91 Å². The van der Waals surface area contributed by atoms with E-state index in [1.807, 2.05) is 20.8 Å². The molecule has 23 heavy (non-hydrogen) atoms. The lowest BCUT2D eigenvalue weighted by atomic mass is 9.98. The van der Waals surface area contributed by atoms with Gasteiger partial charge in [0, 0.05) is 11.6 Å². The van der Waals surface area contributed by atoms with Gasteiger partial charge in [-0.15, -0.1) is 11.3 Å². The molecule has 0 aliphatic heterocycles. The number of pyridine rings is 1. The van der Waals surface area contributed by atoms with Gasteiger partial charge in [-0.3, -0.25) is 4.79 Å². The third-order valence-electron chi connectivity index (χ3n) is 2.77. The summed E-state index contributed by atoms with van der Waals surface area (Å²) in [5, 5.41) is 2.55. The summed E-state index contributed by atoms with van der Waals surface area (Å²) in [6.45, 7) is 5.84. The van der Waals surface area contributed by atoms with Gasteiger partial charge in [0.1, 0.15) is 10.7 Å². The normalized spacial score (nSPS) is 12.3. The number of aromatic nitrogens is 2. The van der Waals surface area contributed by atoms with Crippen LogP contribution >= 0.6 is 22.9 Å². The second-order valence-corrected chi connectivity index (χ2v) is 7.22.